The van der Waals surface area contributed by atoms with Gasteiger partial charge in [-0.2, -0.15) is 0 Å². The Morgan fingerprint density at radius 2 is 1.68 bits per heavy atom. The highest BCUT2D eigenvalue weighted by molar-refractivity contribution is 6.37. The van der Waals surface area contributed by atoms with Crippen molar-refractivity contribution in [3.05, 3.63) is 92.6 Å². The Morgan fingerprint density at radius 1 is 1.00 bits per heavy atom. The van der Waals surface area contributed by atoms with Gasteiger partial charge in [-0.15, -0.1) is 0 Å². The van der Waals surface area contributed by atoms with Crippen molar-refractivity contribution in [2.75, 3.05) is 19.0 Å². The average Bonchev–Trinajstić information content (AvgIpc) is 3.12. The van der Waals surface area contributed by atoms with Crippen LogP contribution in [0, 0.1) is 0 Å². The third-order valence-corrected chi connectivity index (χ3v) is 6.24. The quantitative estimate of drug-likeness (QED) is 0.269. The first kappa shape index (κ1) is 26.3. The normalized spacial score (nSPS) is 14.1. The number of nitrogens with zero attached hydrogens (tertiary/aromatic N) is 1. The van der Waals surface area contributed by atoms with Gasteiger partial charge in [-0.05, 0) is 42.0 Å². The zero-order chi connectivity index (χ0) is 26.5. The van der Waals surface area contributed by atoms with Crippen LogP contribution in [0.1, 0.15) is 11.1 Å². The molecule has 0 spiro atoms. The standard InChI is InChI=1S/C26H20Cl3N3O5/c1-36-22-9-5-4-8-20(22)30-23(33)13-32-25(34)21(31-26(32)35)12-15-10-18(28)24(19(29)11-15)37-14-16-6-2-3-7-17(16)27/h2-12H,13-14H2,1H3,(H,30,33)(H,31,35)/b21-12+. The molecule has 4 rings (SSSR count). The van der Waals surface area contributed by atoms with E-state index in [1.165, 1.54) is 13.2 Å². The van der Waals surface area contributed by atoms with Crippen molar-refractivity contribution in [3.8, 4) is 11.5 Å². The molecule has 0 radical (unpaired) electrons. The summed E-state index contributed by atoms with van der Waals surface area (Å²) in [7, 11) is 1.47. The lowest BCUT2D eigenvalue weighted by atomic mass is 10.1. The SMILES string of the molecule is COc1ccccc1NC(=O)CN1C(=O)N/C(=C/c2cc(Cl)c(OCc3ccccc3Cl)c(Cl)c2)C1=O. The van der Waals surface area contributed by atoms with Gasteiger partial charge in [0.2, 0.25) is 5.91 Å². The van der Waals surface area contributed by atoms with Crippen molar-refractivity contribution in [3.63, 3.8) is 0 Å². The highest BCUT2D eigenvalue weighted by Crippen LogP contribution is 2.36. The summed E-state index contributed by atoms with van der Waals surface area (Å²) in [5.74, 6) is -0.546. The van der Waals surface area contributed by atoms with Crippen molar-refractivity contribution in [1.29, 1.82) is 0 Å². The van der Waals surface area contributed by atoms with E-state index in [0.29, 0.717) is 22.0 Å². The van der Waals surface area contributed by atoms with Crippen LogP contribution in [0.5, 0.6) is 11.5 Å². The number of imide groups is 1. The molecule has 1 heterocycles. The molecule has 11 heteroatoms. The molecular formula is C26H20Cl3N3O5. The summed E-state index contributed by atoms with van der Waals surface area (Å²) in [6.07, 6.45) is 1.41. The summed E-state index contributed by atoms with van der Waals surface area (Å²) in [5, 5.41) is 6.05. The number of carbonyl (C=O) groups excluding carboxylic acids is 3. The number of anilines is 1. The van der Waals surface area contributed by atoms with E-state index in [2.05, 4.69) is 10.6 Å². The van der Waals surface area contributed by atoms with E-state index >= 15 is 0 Å². The van der Waals surface area contributed by atoms with Gasteiger partial charge in [-0.25, -0.2) is 9.69 Å². The molecular weight excluding hydrogens is 541 g/mol. The molecule has 0 saturated carbocycles. The Labute approximate surface area is 227 Å². The third-order valence-electron chi connectivity index (χ3n) is 5.31. The van der Waals surface area contributed by atoms with E-state index < -0.39 is 24.4 Å². The first-order valence-electron chi connectivity index (χ1n) is 10.9. The molecule has 37 heavy (non-hydrogen) atoms. The number of benzene rings is 3. The van der Waals surface area contributed by atoms with Gasteiger partial charge in [0.05, 0.1) is 22.8 Å². The minimum absolute atomic E-state index is 0.0352. The topological polar surface area (TPSA) is 97.0 Å². The Kier molecular flexibility index (Phi) is 8.23. The fourth-order valence-corrected chi connectivity index (χ4v) is 4.33. The van der Waals surface area contributed by atoms with Crippen molar-refractivity contribution < 1.29 is 23.9 Å². The number of methoxy groups -OCH3 is 1. The van der Waals surface area contributed by atoms with Crippen LogP contribution in [0.3, 0.4) is 0 Å². The van der Waals surface area contributed by atoms with Crippen molar-refractivity contribution >= 4 is 64.4 Å². The minimum atomic E-state index is -0.733. The third kappa shape index (κ3) is 6.17. The number of rotatable bonds is 8. The molecule has 0 aromatic heterocycles. The predicted molar refractivity (Wildman–Crippen MR) is 142 cm³/mol. The number of para-hydroxylation sites is 2. The van der Waals surface area contributed by atoms with E-state index in [-0.39, 0.29) is 28.1 Å². The molecule has 0 atom stereocenters. The second-order valence-electron chi connectivity index (χ2n) is 7.82. The average molecular weight is 561 g/mol. The van der Waals surface area contributed by atoms with Gasteiger partial charge in [0.1, 0.15) is 24.6 Å². The van der Waals surface area contributed by atoms with Crippen LogP contribution < -0.4 is 20.1 Å². The summed E-state index contributed by atoms with van der Waals surface area (Å²) in [6.45, 7) is -0.337. The van der Waals surface area contributed by atoms with Gasteiger partial charge in [-0.1, -0.05) is 65.1 Å². The summed E-state index contributed by atoms with van der Waals surface area (Å²) >= 11 is 18.9. The van der Waals surface area contributed by atoms with E-state index in [1.54, 1.807) is 42.5 Å². The molecule has 3 aromatic rings. The Balaban J connectivity index is 1.45. The van der Waals surface area contributed by atoms with Crippen LogP contribution in [-0.2, 0) is 16.2 Å². The smallest absolute Gasteiger partial charge is 0.329 e. The maximum atomic E-state index is 12.8. The van der Waals surface area contributed by atoms with Crippen LogP contribution in [0.4, 0.5) is 10.5 Å². The maximum absolute atomic E-state index is 12.8. The molecule has 0 bridgehead atoms. The number of hydrogen-bond donors (Lipinski definition) is 2. The molecule has 1 saturated heterocycles. The monoisotopic (exact) mass is 559 g/mol. The van der Waals surface area contributed by atoms with Gasteiger partial charge in [0.15, 0.2) is 5.75 Å². The molecule has 4 amide bonds. The molecule has 1 aliphatic rings. The molecule has 190 valence electrons. The van der Waals surface area contributed by atoms with E-state index in [1.807, 2.05) is 18.2 Å². The largest absolute Gasteiger partial charge is 0.495 e. The zero-order valence-electron chi connectivity index (χ0n) is 19.4. The number of nitrogens with one attached hydrogen (secondary N) is 2. The number of halogens is 3. The second-order valence-corrected chi connectivity index (χ2v) is 9.04. The minimum Gasteiger partial charge on any atom is -0.495 e. The van der Waals surface area contributed by atoms with E-state index in [9.17, 15) is 14.4 Å². The van der Waals surface area contributed by atoms with Gasteiger partial charge in [0, 0.05) is 10.6 Å². The Hall–Kier alpha value is -3.72. The number of hydrogen-bond acceptors (Lipinski definition) is 5. The Bertz CT molecular complexity index is 1390. The van der Waals surface area contributed by atoms with Crippen LogP contribution in [0.2, 0.25) is 15.1 Å². The van der Waals surface area contributed by atoms with Crippen molar-refractivity contribution in [2.24, 2.45) is 0 Å². The molecule has 1 aliphatic heterocycles. The summed E-state index contributed by atoms with van der Waals surface area (Å²) in [6, 6.07) is 16.3. The predicted octanol–water partition coefficient (Wildman–Crippen LogP) is 5.77. The lowest BCUT2D eigenvalue weighted by Gasteiger charge is -2.13. The van der Waals surface area contributed by atoms with Gasteiger partial charge >= 0.3 is 6.03 Å². The number of amides is 4. The maximum Gasteiger partial charge on any atom is 0.329 e. The van der Waals surface area contributed by atoms with Crippen LogP contribution in [-0.4, -0.2) is 36.4 Å². The molecule has 1 fully saturated rings. The Morgan fingerprint density at radius 3 is 2.38 bits per heavy atom. The van der Waals surface area contributed by atoms with Crippen LogP contribution >= 0.6 is 34.8 Å². The summed E-state index contributed by atoms with van der Waals surface area (Å²) < 4.78 is 10.9. The molecule has 3 aromatic carbocycles. The molecule has 0 aliphatic carbocycles. The fourth-order valence-electron chi connectivity index (χ4n) is 3.53. The van der Waals surface area contributed by atoms with Gasteiger partial charge < -0.3 is 20.1 Å². The number of ether oxygens (including phenoxy) is 2. The highest BCUT2D eigenvalue weighted by atomic mass is 35.5. The van der Waals surface area contributed by atoms with Gasteiger partial charge in [-0.3, -0.25) is 9.59 Å². The van der Waals surface area contributed by atoms with Crippen molar-refractivity contribution in [1.82, 2.24) is 10.2 Å². The van der Waals surface area contributed by atoms with E-state index in [4.69, 9.17) is 44.3 Å². The number of urea groups is 1. The zero-order valence-corrected chi connectivity index (χ0v) is 21.7. The first-order valence-corrected chi connectivity index (χ1v) is 12.0. The van der Waals surface area contributed by atoms with Crippen molar-refractivity contribution in [2.45, 2.75) is 6.61 Å². The first-order chi connectivity index (χ1) is 17.8. The molecule has 2 N–H and O–H groups in total. The number of carbonyl (C=O) groups is 3. The van der Waals surface area contributed by atoms with Crippen LogP contribution in [0.25, 0.3) is 6.08 Å². The second kappa shape index (κ2) is 11.6. The van der Waals surface area contributed by atoms with E-state index in [0.717, 1.165) is 10.5 Å². The fraction of sp³-hybridized carbons (Fsp3) is 0.115. The lowest BCUT2D eigenvalue weighted by Crippen LogP contribution is -2.38. The van der Waals surface area contributed by atoms with Crippen LogP contribution in [0.15, 0.2) is 66.4 Å². The highest BCUT2D eigenvalue weighted by Gasteiger charge is 2.35. The molecule has 8 nitrogen and oxygen atoms in total. The summed E-state index contributed by atoms with van der Waals surface area (Å²) in [5.41, 5.74) is 1.59. The lowest BCUT2D eigenvalue weighted by molar-refractivity contribution is -0.127. The summed E-state index contributed by atoms with van der Waals surface area (Å²) in [4.78, 5) is 38.5. The molecule has 0 unspecified atom stereocenters. The van der Waals surface area contributed by atoms with Gasteiger partial charge in [0.25, 0.3) is 5.91 Å².